The summed E-state index contributed by atoms with van der Waals surface area (Å²) in [5, 5.41) is 21.1. The van der Waals surface area contributed by atoms with E-state index in [-0.39, 0.29) is 10.9 Å². The Balaban J connectivity index is 3.00. The molecule has 1 aromatic rings. The van der Waals surface area contributed by atoms with E-state index >= 15 is 0 Å². The number of rotatable bonds is 5. The molecule has 5 nitrogen and oxygen atoms in total. The number of aryl methyl sites for hydroxylation is 1. The number of carboxylic acid groups (broad SMARTS) is 1. The van der Waals surface area contributed by atoms with E-state index in [1.165, 1.54) is 6.07 Å². The van der Waals surface area contributed by atoms with Crippen molar-refractivity contribution >= 4 is 23.4 Å². The van der Waals surface area contributed by atoms with Crippen molar-refractivity contribution in [1.29, 1.82) is 5.26 Å². The molecule has 1 rings (SSSR count). The van der Waals surface area contributed by atoms with Gasteiger partial charge in [-0.2, -0.15) is 5.26 Å². The molecule has 0 aliphatic carbocycles. The summed E-state index contributed by atoms with van der Waals surface area (Å²) in [7, 11) is 0. The standard InChI is InChI=1S/C13H16ClN3O2/c1-7(2)4-11(13(18)19)17-12-10(14)5-9(6-15)8(3)16-12/h5,7,11H,4H2,1-3H3,(H,16,17)(H,18,19)/t11-/m1/s1. The highest BCUT2D eigenvalue weighted by atomic mass is 35.5. The van der Waals surface area contributed by atoms with Crippen LogP contribution in [0.2, 0.25) is 5.02 Å². The van der Waals surface area contributed by atoms with Crippen molar-refractivity contribution in [1.82, 2.24) is 4.98 Å². The smallest absolute Gasteiger partial charge is 0.326 e. The van der Waals surface area contributed by atoms with Crippen LogP contribution in [0.4, 0.5) is 5.82 Å². The Morgan fingerprint density at radius 2 is 2.26 bits per heavy atom. The molecule has 6 heteroatoms. The summed E-state index contributed by atoms with van der Waals surface area (Å²) in [5.74, 6) is -0.424. The molecule has 0 fully saturated rings. The molecule has 19 heavy (non-hydrogen) atoms. The molecule has 0 unspecified atom stereocenters. The van der Waals surface area contributed by atoms with Gasteiger partial charge in [-0.05, 0) is 25.3 Å². The number of aliphatic carboxylic acids is 1. The van der Waals surface area contributed by atoms with Gasteiger partial charge < -0.3 is 10.4 Å². The molecule has 0 aliphatic rings. The SMILES string of the molecule is Cc1nc(N[C@H](CC(C)C)C(=O)O)c(Cl)cc1C#N. The normalized spacial score (nSPS) is 12.0. The number of anilines is 1. The van der Waals surface area contributed by atoms with E-state index in [4.69, 9.17) is 22.0 Å². The summed E-state index contributed by atoms with van der Waals surface area (Å²) in [6.45, 7) is 5.56. The average Bonchev–Trinajstić information content (AvgIpc) is 2.31. The summed E-state index contributed by atoms with van der Waals surface area (Å²) >= 11 is 6.00. The fraction of sp³-hybridized carbons (Fsp3) is 0.462. The molecule has 2 N–H and O–H groups in total. The molecule has 0 aliphatic heterocycles. The lowest BCUT2D eigenvalue weighted by molar-refractivity contribution is -0.138. The summed E-state index contributed by atoms with van der Waals surface area (Å²) in [6.07, 6.45) is 0.465. The number of hydrogen-bond donors (Lipinski definition) is 2. The van der Waals surface area contributed by atoms with Crippen LogP contribution in [0.5, 0.6) is 0 Å². The average molecular weight is 282 g/mol. The summed E-state index contributed by atoms with van der Waals surface area (Å²) in [4.78, 5) is 15.3. The molecule has 0 spiro atoms. The van der Waals surface area contributed by atoms with Crippen LogP contribution in [0, 0.1) is 24.2 Å². The maximum Gasteiger partial charge on any atom is 0.326 e. The fourth-order valence-corrected chi connectivity index (χ4v) is 1.86. The Morgan fingerprint density at radius 3 is 2.74 bits per heavy atom. The number of halogens is 1. The first kappa shape index (κ1) is 15.3. The van der Waals surface area contributed by atoms with E-state index in [0.29, 0.717) is 23.5 Å². The number of hydrogen-bond acceptors (Lipinski definition) is 4. The van der Waals surface area contributed by atoms with Gasteiger partial charge in [0.25, 0.3) is 0 Å². The maximum absolute atomic E-state index is 11.2. The quantitative estimate of drug-likeness (QED) is 0.867. The highest BCUT2D eigenvalue weighted by Crippen LogP contribution is 2.24. The molecule has 1 aromatic heterocycles. The minimum atomic E-state index is -0.950. The van der Waals surface area contributed by atoms with Gasteiger partial charge in [0.1, 0.15) is 17.9 Å². The Morgan fingerprint density at radius 1 is 1.63 bits per heavy atom. The third-order valence-electron chi connectivity index (χ3n) is 2.60. The van der Waals surface area contributed by atoms with Crippen molar-refractivity contribution in [2.24, 2.45) is 5.92 Å². The van der Waals surface area contributed by atoms with Crippen molar-refractivity contribution in [3.63, 3.8) is 0 Å². The van der Waals surface area contributed by atoms with Gasteiger partial charge >= 0.3 is 5.97 Å². The van der Waals surface area contributed by atoms with Gasteiger partial charge in [-0.25, -0.2) is 9.78 Å². The zero-order chi connectivity index (χ0) is 14.6. The van der Waals surface area contributed by atoms with E-state index in [2.05, 4.69) is 10.3 Å². The Labute approximate surface area is 117 Å². The van der Waals surface area contributed by atoms with E-state index in [1.54, 1.807) is 6.92 Å². The molecule has 0 radical (unpaired) electrons. The van der Waals surface area contributed by atoms with Crippen LogP contribution in [0.25, 0.3) is 0 Å². The number of carboxylic acids is 1. The Kier molecular flexibility index (Phi) is 5.13. The predicted molar refractivity (Wildman–Crippen MR) is 73.2 cm³/mol. The van der Waals surface area contributed by atoms with Gasteiger partial charge in [0.2, 0.25) is 0 Å². The van der Waals surface area contributed by atoms with Gasteiger partial charge in [0.15, 0.2) is 0 Å². The van der Waals surface area contributed by atoms with Gasteiger partial charge in [-0.15, -0.1) is 0 Å². The zero-order valence-electron chi connectivity index (χ0n) is 11.1. The number of pyridine rings is 1. The lowest BCUT2D eigenvalue weighted by atomic mass is 10.0. The molecule has 1 atom stereocenters. The monoisotopic (exact) mass is 281 g/mol. The molecule has 102 valence electrons. The third-order valence-corrected chi connectivity index (χ3v) is 2.89. The maximum atomic E-state index is 11.2. The number of nitriles is 1. The van der Waals surface area contributed by atoms with Crippen molar-refractivity contribution in [3.8, 4) is 6.07 Å². The minimum Gasteiger partial charge on any atom is -0.480 e. The van der Waals surface area contributed by atoms with Gasteiger partial charge in [-0.3, -0.25) is 0 Å². The molecule has 0 bridgehead atoms. The first-order valence-electron chi connectivity index (χ1n) is 5.91. The summed E-state index contributed by atoms with van der Waals surface area (Å²) in [5.41, 5.74) is 0.898. The van der Waals surface area contributed by atoms with E-state index in [1.807, 2.05) is 19.9 Å². The Hall–Kier alpha value is -1.80. The van der Waals surface area contributed by atoms with Crippen molar-refractivity contribution in [2.45, 2.75) is 33.2 Å². The topological polar surface area (TPSA) is 86.0 Å². The molecule has 0 amide bonds. The lowest BCUT2D eigenvalue weighted by Gasteiger charge is -2.18. The fourth-order valence-electron chi connectivity index (χ4n) is 1.65. The second kappa shape index (κ2) is 6.39. The Bertz CT molecular complexity index is 523. The molecule has 0 saturated heterocycles. The molecule has 1 heterocycles. The third kappa shape index (κ3) is 4.11. The van der Waals surface area contributed by atoms with Crippen LogP contribution < -0.4 is 5.32 Å². The second-order valence-electron chi connectivity index (χ2n) is 4.73. The van der Waals surface area contributed by atoms with Crippen LogP contribution in [-0.4, -0.2) is 22.1 Å². The van der Waals surface area contributed by atoms with Crippen molar-refractivity contribution in [3.05, 3.63) is 22.3 Å². The first-order valence-corrected chi connectivity index (χ1v) is 6.29. The lowest BCUT2D eigenvalue weighted by Crippen LogP contribution is -2.31. The minimum absolute atomic E-state index is 0.229. The van der Waals surface area contributed by atoms with Crippen LogP contribution in [0.1, 0.15) is 31.5 Å². The number of carbonyl (C=O) groups is 1. The van der Waals surface area contributed by atoms with Crippen molar-refractivity contribution < 1.29 is 9.90 Å². The van der Waals surface area contributed by atoms with Gasteiger partial charge in [0.05, 0.1) is 16.3 Å². The molecule has 0 aromatic carbocycles. The number of nitrogens with one attached hydrogen (secondary N) is 1. The van der Waals surface area contributed by atoms with Gasteiger partial charge in [-0.1, -0.05) is 25.4 Å². The molecular weight excluding hydrogens is 266 g/mol. The first-order chi connectivity index (χ1) is 8.85. The molecule has 0 saturated carbocycles. The van der Waals surface area contributed by atoms with Gasteiger partial charge in [0, 0.05) is 0 Å². The number of nitrogens with zero attached hydrogens (tertiary/aromatic N) is 2. The van der Waals surface area contributed by atoms with E-state index in [9.17, 15) is 4.79 Å². The second-order valence-corrected chi connectivity index (χ2v) is 5.14. The van der Waals surface area contributed by atoms with E-state index < -0.39 is 12.0 Å². The van der Waals surface area contributed by atoms with Crippen molar-refractivity contribution in [2.75, 3.05) is 5.32 Å². The highest BCUT2D eigenvalue weighted by Gasteiger charge is 2.20. The van der Waals surface area contributed by atoms with E-state index in [0.717, 1.165) is 0 Å². The van der Waals surface area contributed by atoms with Crippen LogP contribution in [0.3, 0.4) is 0 Å². The van der Waals surface area contributed by atoms with Crippen LogP contribution in [0.15, 0.2) is 6.07 Å². The van der Waals surface area contributed by atoms with Crippen LogP contribution in [-0.2, 0) is 4.79 Å². The summed E-state index contributed by atoms with van der Waals surface area (Å²) < 4.78 is 0. The highest BCUT2D eigenvalue weighted by molar-refractivity contribution is 6.33. The largest absolute Gasteiger partial charge is 0.480 e. The molecular formula is C13H16ClN3O2. The number of aromatic nitrogens is 1. The van der Waals surface area contributed by atoms with Crippen LogP contribution >= 0.6 is 11.6 Å². The summed E-state index contributed by atoms with van der Waals surface area (Å²) in [6, 6.07) is 2.71. The zero-order valence-corrected chi connectivity index (χ0v) is 11.8. The predicted octanol–water partition coefficient (Wildman–Crippen LogP) is 2.83.